The molecule has 0 spiro atoms. The SMILES string of the molecule is CCC=CCC(O)C(O)C=CC(O)CCCCCCCC(=O)OC. The van der Waals surface area contributed by atoms with Crippen molar-refractivity contribution in [2.45, 2.75) is 83.0 Å². The van der Waals surface area contributed by atoms with Crippen LogP contribution in [-0.4, -0.2) is 46.7 Å². The lowest BCUT2D eigenvalue weighted by atomic mass is 10.0. The summed E-state index contributed by atoms with van der Waals surface area (Å²) in [6.45, 7) is 2.01. The monoisotopic (exact) mass is 342 g/mol. The van der Waals surface area contributed by atoms with Gasteiger partial charge in [-0.1, -0.05) is 56.9 Å². The van der Waals surface area contributed by atoms with Crippen LogP contribution in [0, 0.1) is 0 Å². The molecule has 140 valence electrons. The van der Waals surface area contributed by atoms with Gasteiger partial charge < -0.3 is 20.1 Å². The van der Waals surface area contributed by atoms with Crippen LogP contribution < -0.4 is 0 Å². The van der Waals surface area contributed by atoms with Gasteiger partial charge in [0.25, 0.3) is 0 Å². The van der Waals surface area contributed by atoms with Crippen LogP contribution in [0.2, 0.25) is 0 Å². The van der Waals surface area contributed by atoms with Gasteiger partial charge >= 0.3 is 5.97 Å². The first-order valence-electron chi connectivity index (χ1n) is 8.95. The van der Waals surface area contributed by atoms with E-state index in [2.05, 4.69) is 4.74 Å². The minimum Gasteiger partial charge on any atom is -0.469 e. The second-order valence-corrected chi connectivity index (χ2v) is 6.01. The Balaban J connectivity index is 3.71. The minimum absolute atomic E-state index is 0.165. The molecule has 0 aromatic carbocycles. The number of carbonyl (C=O) groups is 1. The van der Waals surface area contributed by atoms with E-state index in [1.165, 1.54) is 13.2 Å². The number of aliphatic hydroxyl groups excluding tert-OH is 3. The topological polar surface area (TPSA) is 87.0 Å². The maximum absolute atomic E-state index is 10.9. The van der Waals surface area contributed by atoms with Crippen molar-refractivity contribution >= 4 is 5.97 Å². The van der Waals surface area contributed by atoms with E-state index >= 15 is 0 Å². The molecule has 0 radical (unpaired) electrons. The molecule has 0 aromatic heterocycles. The maximum atomic E-state index is 10.9. The van der Waals surface area contributed by atoms with Crippen molar-refractivity contribution in [1.82, 2.24) is 0 Å². The van der Waals surface area contributed by atoms with Gasteiger partial charge in [0.15, 0.2) is 0 Å². The predicted molar refractivity (Wildman–Crippen MR) is 95.5 cm³/mol. The molecule has 0 aliphatic heterocycles. The highest BCUT2D eigenvalue weighted by atomic mass is 16.5. The summed E-state index contributed by atoms with van der Waals surface area (Å²) in [6.07, 6.45) is 11.5. The molecule has 0 fully saturated rings. The van der Waals surface area contributed by atoms with Gasteiger partial charge in [0.2, 0.25) is 0 Å². The molecule has 3 atom stereocenters. The summed E-state index contributed by atoms with van der Waals surface area (Å²) in [5.41, 5.74) is 0. The fourth-order valence-corrected chi connectivity index (χ4v) is 2.26. The number of allylic oxidation sites excluding steroid dienone is 1. The van der Waals surface area contributed by atoms with Crippen molar-refractivity contribution in [3.63, 3.8) is 0 Å². The van der Waals surface area contributed by atoms with E-state index in [9.17, 15) is 20.1 Å². The zero-order chi connectivity index (χ0) is 18.2. The molecule has 5 heteroatoms. The first-order valence-corrected chi connectivity index (χ1v) is 8.95. The van der Waals surface area contributed by atoms with Gasteiger partial charge in [-0.2, -0.15) is 0 Å². The predicted octanol–water partition coefficient (Wildman–Crippen LogP) is 2.89. The summed E-state index contributed by atoms with van der Waals surface area (Å²) in [7, 11) is 1.40. The molecule has 0 heterocycles. The lowest BCUT2D eigenvalue weighted by molar-refractivity contribution is -0.140. The third-order valence-corrected chi connectivity index (χ3v) is 3.81. The second-order valence-electron chi connectivity index (χ2n) is 6.01. The standard InChI is InChI=1S/C19H34O5/c1-3-4-8-12-17(21)18(22)15-14-16(20)11-9-6-5-7-10-13-19(23)24-2/h4,8,14-18,20-22H,3,5-7,9-13H2,1-2H3. The minimum atomic E-state index is -0.959. The van der Waals surface area contributed by atoms with E-state index in [4.69, 9.17) is 0 Å². The molecule has 3 unspecified atom stereocenters. The second kappa shape index (κ2) is 15.4. The highest BCUT2D eigenvalue weighted by molar-refractivity contribution is 5.68. The molecular weight excluding hydrogens is 308 g/mol. The zero-order valence-electron chi connectivity index (χ0n) is 15.1. The summed E-state index contributed by atoms with van der Waals surface area (Å²) in [6, 6.07) is 0. The number of unbranched alkanes of at least 4 members (excludes halogenated alkanes) is 4. The number of esters is 1. The lowest BCUT2D eigenvalue weighted by Crippen LogP contribution is -2.23. The van der Waals surface area contributed by atoms with Crippen LogP contribution in [0.5, 0.6) is 0 Å². The zero-order valence-corrected chi connectivity index (χ0v) is 15.1. The fraction of sp³-hybridized carbons (Fsp3) is 0.737. The molecule has 0 rings (SSSR count). The molecular formula is C19H34O5. The van der Waals surface area contributed by atoms with E-state index in [0.717, 1.165) is 38.5 Å². The molecule has 0 saturated heterocycles. The van der Waals surface area contributed by atoms with E-state index in [0.29, 0.717) is 19.3 Å². The highest BCUT2D eigenvalue weighted by Gasteiger charge is 2.11. The van der Waals surface area contributed by atoms with Gasteiger partial charge in [0.05, 0.1) is 25.4 Å². The number of hydrogen-bond donors (Lipinski definition) is 3. The third kappa shape index (κ3) is 13.3. The van der Waals surface area contributed by atoms with Crippen molar-refractivity contribution in [1.29, 1.82) is 0 Å². The number of aliphatic hydroxyl groups is 3. The molecule has 0 aromatic rings. The Morgan fingerprint density at radius 1 is 1.00 bits per heavy atom. The largest absolute Gasteiger partial charge is 0.469 e. The molecule has 3 N–H and O–H groups in total. The Kier molecular flexibility index (Phi) is 14.6. The fourth-order valence-electron chi connectivity index (χ4n) is 2.26. The van der Waals surface area contributed by atoms with Crippen LogP contribution in [-0.2, 0) is 9.53 Å². The van der Waals surface area contributed by atoms with Crippen molar-refractivity contribution in [2.24, 2.45) is 0 Å². The van der Waals surface area contributed by atoms with E-state index in [-0.39, 0.29) is 5.97 Å². The van der Waals surface area contributed by atoms with E-state index < -0.39 is 18.3 Å². The quantitative estimate of drug-likeness (QED) is 0.257. The number of carbonyl (C=O) groups excluding carboxylic acids is 1. The molecule has 0 aliphatic rings. The van der Waals surface area contributed by atoms with Gasteiger partial charge in [-0.25, -0.2) is 0 Å². The molecule has 0 aliphatic carbocycles. The average molecular weight is 342 g/mol. The number of methoxy groups -OCH3 is 1. The van der Waals surface area contributed by atoms with Gasteiger partial charge in [-0.3, -0.25) is 4.79 Å². The van der Waals surface area contributed by atoms with Crippen LogP contribution in [0.15, 0.2) is 24.3 Å². The smallest absolute Gasteiger partial charge is 0.305 e. The summed E-state index contributed by atoms with van der Waals surface area (Å²) in [5.74, 6) is -0.165. The van der Waals surface area contributed by atoms with Crippen LogP contribution in [0.25, 0.3) is 0 Å². The summed E-state index contributed by atoms with van der Waals surface area (Å²) in [5, 5.41) is 29.4. The van der Waals surface area contributed by atoms with Gasteiger partial charge in [-0.15, -0.1) is 0 Å². The molecule has 5 nitrogen and oxygen atoms in total. The van der Waals surface area contributed by atoms with E-state index in [1.54, 1.807) is 6.08 Å². The summed E-state index contributed by atoms with van der Waals surface area (Å²) < 4.78 is 4.58. The number of rotatable bonds is 14. The third-order valence-electron chi connectivity index (χ3n) is 3.81. The Labute approximate surface area is 146 Å². The molecule has 24 heavy (non-hydrogen) atoms. The van der Waals surface area contributed by atoms with Gasteiger partial charge in [0.1, 0.15) is 0 Å². The van der Waals surface area contributed by atoms with Gasteiger partial charge in [-0.05, 0) is 25.7 Å². The summed E-state index contributed by atoms with van der Waals surface area (Å²) in [4.78, 5) is 10.9. The van der Waals surface area contributed by atoms with Crippen molar-refractivity contribution in [3.05, 3.63) is 24.3 Å². The molecule has 0 saturated carbocycles. The summed E-state index contributed by atoms with van der Waals surface area (Å²) >= 11 is 0. The van der Waals surface area contributed by atoms with Crippen molar-refractivity contribution in [3.8, 4) is 0 Å². The Bertz CT molecular complexity index is 365. The maximum Gasteiger partial charge on any atom is 0.305 e. The first-order chi connectivity index (χ1) is 11.5. The van der Waals surface area contributed by atoms with Crippen molar-refractivity contribution in [2.75, 3.05) is 7.11 Å². The molecule has 0 bridgehead atoms. The van der Waals surface area contributed by atoms with Crippen LogP contribution in [0.1, 0.15) is 64.7 Å². The van der Waals surface area contributed by atoms with E-state index in [1.807, 2.05) is 19.1 Å². The number of ether oxygens (including phenoxy) is 1. The lowest BCUT2D eigenvalue weighted by Gasteiger charge is -2.13. The van der Waals surface area contributed by atoms with Crippen molar-refractivity contribution < 1.29 is 24.9 Å². The Morgan fingerprint density at radius 2 is 1.67 bits per heavy atom. The van der Waals surface area contributed by atoms with Crippen LogP contribution >= 0.6 is 0 Å². The highest BCUT2D eigenvalue weighted by Crippen LogP contribution is 2.10. The Hall–Kier alpha value is -1.17. The van der Waals surface area contributed by atoms with Crippen LogP contribution in [0.4, 0.5) is 0 Å². The van der Waals surface area contributed by atoms with Crippen LogP contribution in [0.3, 0.4) is 0 Å². The van der Waals surface area contributed by atoms with Gasteiger partial charge in [0, 0.05) is 6.42 Å². The first kappa shape index (κ1) is 22.8. The Morgan fingerprint density at radius 3 is 2.33 bits per heavy atom. The number of hydrogen-bond acceptors (Lipinski definition) is 5. The average Bonchev–Trinajstić information content (AvgIpc) is 2.58. The molecule has 0 amide bonds. The normalized spacial score (nSPS) is 15.7.